The number of carboxylic acid groups (broad SMARTS) is 1. The van der Waals surface area contributed by atoms with Gasteiger partial charge in [0.15, 0.2) is 11.2 Å². The van der Waals surface area contributed by atoms with Gasteiger partial charge in [0.1, 0.15) is 6.54 Å². The fourth-order valence-corrected chi connectivity index (χ4v) is 3.06. The number of alkyl halides is 3. The summed E-state index contributed by atoms with van der Waals surface area (Å²) in [6.45, 7) is 6.73. The first kappa shape index (κ1) is 24.6. The Bertz CT molecular complexity index is 1140. The third-order valence-corrected chi connectivity index (χ3v) is 4.48. The molecule has 0 spiro atoms. The zero-order chi connectivity index (χ0) is 24.2. The number of carbonyl (C=O) groups is 2. The van der Waals surface area contributed by atoms with E-state index in [-0.39, 0.29) is 11.2 Å². The van der Waals surface area contributed by atoms with E-state index >= 15 is 0 Å². The number of hydrogen-bond donors (Lipinski definition) is 3. The number of aryl methyl sites for hydroxylation is 1. The maximum Gasteiger partial charge on any atom is 0.490 e. The number of aromatic nitrogens is 4. The average Bonchev–Trinajstić information content (AvgIpc) is 3.10. The lowest BCUT2D eigenvalue weighted by atomic mass is 10.4. The highest BCUT2D eigenvalue weighted by Gasteiger charge is 2.38. The molecule has 1 aliphatic heterocycles. The molecule has 0 saturated carbocycles. The van der Waals surface area contributed by atoms with Crippen molar-refractivity contribution in [1.29, 1.82) is 0 Å². The maximum atomic E-state index is 12.8. The van der Waals surface area contributed by atoms with E-state index in [9.17, 15) is 27.6 Å². The van der Waals surface area contributed by atoms with E-state index in [1.165, 1.54) is 11.6 Å². The van der Waals surface area contributed by atoms with Crippen LogP contribution in [0.5, 0.6) is 0 Å². The van der Waals surface area contributed by atoms with E-state index < -0.39 is 35.8 Å². The predicted molar refractivity (Wildman–Crippen MR) is 107 cm³/mol. The number of carbonyl (C=O) groups excluding carboxylic acids is 1. The van der Waals surface area contributed by atoms with Crippen molar-refractivity contribution in [3.05, 3.63) is 33.5 Å². The lowest BCUT2D eigenvalue weighted by Crippen LogP contribution is -2.44. The van der Waals surface area contributed by atoms with E-state index in [1.54, 1.807) is 10.6 Å². The highest BCUT2D eigenvalue weighted by atomic mass is 19.4. The van der Waals surface area contributed by atoms with Crippen LogP contribution in [0.2, 0.25) is 0 Å². The van der Waals surface area contributed by atoms with Crippen LogP contribution >= 0.6 is 0 Å². The number of amides is 1. The summed E-state index contributed by atoms with van der Waals surface area (Å²) >= 11 is 0. The fourth-order valence-electron chi connectivity index (χ4n) is 3.06. The largest absolute Gasteiger partial charge is 0.490 e. The van der Waals surface area contributed by atoms with E-state index in [2.05, 4.69) is 21.8 Å². The van der Waals surface area contributed by atoms with Crippen molar-refractivity contribution in [3.8, 4) is 0 Å². The van der Waals surface area contributed by atoms with Gasteiger partial charge < -0.3 is 25.6 Å². The molecule has 4 N–H and O–H groups in total. The monoisotopic (exact) mass is 461 g/mol. The Kier molecular flexibility index (Phi) is 7.45. The van der Waals surface area contributed by atoms with Crippen molar-refractivity contribution in [3.63, 3.8) is 0 Å². The van der Waals surface area contributed by atoms with Gasteiger partial charge in [-0.25, -0.2) is 14.2 Å². The molecule has 0 atom stereocenters. The number of imidazole rings is 1. The molecule has 2 aromatic heterocycles. The number of hydrogen-bond acceptors (Lipinski definition) is 7. The van der Waals surface area contributed by atoms with Crippen LogP contribution in [0.1, 0.15) is 0 Å². The second-order valence-corrected chi connectivity index (χ2v) is 6.72. The van der Waals surface area contributed by atoms with Crippen LogP contribution in [0.25, 0.3) is 11.2 Å². The van der Waals surface area contributed by atoms with Crippen LogP contribution in [0.4, 0.5) is 19.1 Å². The van der Waals surface area contributed by atoms with Crippen LogP contribution in [-0.4, -0.2) is 68.0 Å². The predicted octanol–water partition coefficient (Wildman–Crippen LogP) is -1.39. The quantitative estimate of drug-likeness (QED) is 0.460. The molecule has 2 aromatic rings. The zero-order valence-corrected chi connectivity index (χ0v) is 17.1. The van der Waals surface area contributed by atoms with Crippen LogP contribution in [0, 0.1) is 0 Å². The molecule has 32 heavy (non-hydrogen) atoms. The first-order chi connectivity index (χ1) is 14.9. The summed E-state index contributed by atoms with van der Waals surface area (Å²) in [4.78, 5) is 52.0. The van der Waals surface area contributed by atoms with Gasteiger partial charge in [0.25, 0.3) is 5.56 Å². The molecule has 15 heteroatoms. The van der Waals surface area contributed by atoms with Gasteiger partial charge in [-0.05, 0) is 0 Å². The first-order valence-electron chi connectivity index (χ1n) is 9.25. The van der Waals surface area contributed by atoms with Gasteiger partial charge in [-0.15, -0.1) is 6.58 Å². The number of piperazine rings is 1. The number of nitrogens with two attached hydrogens (primary N) is 1. The van der Waals surface area contributed by atoms with E-state index in [4.69, 9.17) is 15.6 Å². The Morgan fingerprint density at radius 1 is 1.25 bits per heavy atom. The normalized spacial score (nSPS) is 14.1. The van der Waals surface area contributed by atoms with Gasteiger partial charge in [-0.1, -0.05) is 6.08 Å². The van der Waals surface area contributed by atoms with Gasteiger partial charge >= 0.3 is 17.8 Å². The molecule has 0 aliphatic carbocycles. The highest BCUT2D eigenvalue weighted by Crippen LogP contribution is 2.20. The maximum absolute atomic E-state index is 12.8. The Labute approximate surface area is 178 Å². The van der Waals surface area contributed by atoms with E-state index in [1.807, 2.05) is 0 Å². The number of fused-ring (bicyclic) bond motifs is 1. The number of aliphatic carboxylic acids is 1. The van der Waals surface area contributed by atoms with Crippen molar-refractivity contribution in [2.45, 2.75) is 19.3 Å². The van der Waals surface area contributed by atoms with Crippen LogP contribution < -0.4 is 27.2 Å². The molecule has 1 amide bonds. The number of carboxylic acids is 1. The molecule has 0 aromatic carbocycles. The van der Waals surface area contributed by atoms with E-state index in [0.29, 0.717) is 12.5 Å². The topological polar surface area (TPSA) is 157 Å². The van der Waals surface area contributed by atoms with Gasteiger partial charge in [0, 0.05) is 39.8 Å². The van der Waals surface area contributed by atoms with Crippen LogP contribution in [0.15, 0.2) is 22.2 Å². The van der Waals surface area contributed by atoms with Crippen molar-refractivity contribution < 1.29 is 27.9 Å². The molecule has 1 fully saturated rings. The zero-order valence-electron chi connectivity index (χ0n) is 17.1. The molecule has 3 rings (SSSR count). The Hall–Kier alpha value is -3.62. The number of allylic oxidation sites excluding steroid dienone is 1. The van der Waals surface area contributed by atoms with Crippen molar-refractivity contribution in [1.82, 2.24) is 24.0 Å². The minimum Gasteiger partial charge on any atom is -0.475 e. The fraction of sp³-hybridized carbons (Fsp3) is 0.471. The lowest BCUT2D eigenvalue weighted by Gasteiger charge is -2.28. The average molecular weight is 461 g/mol. The second-order valence-electron chi connectivity index (χ2n) is 6.72. The molecule has 176 valence electrons. The minimum absolute atomic E-state index is 0.261. The van der Waals surface area contributed by atoms with Crippen molar-refractivity contribution >= 4 is 29.0 Å². The Morgan fingerprint density at radius 3 is 2.28 bits per heavy atom. The molecule has 0 radical (unpaired) electrons. The lowest BCUT2D eigenvalue weighted by molar-refractivity contribution is -0.192. The summed E-state index contributed by atoms with van der Waals surface area (Å²) in [6, 6.07) is 0. The number of nitrogens with zero attached hydrogens (tertiary/aromatic N) is 5. The summed E-state index contributed by atoms with van der Waals surface area (Å²) in [6.07, 6.45) is -3.42. The summed E-state index contributed by atoms with van der Waals surface area (Å²) in [5, 5.41) is 10.4. The number of anilines is 1. The first-order valence-corrected chi connectivity index (χ1v) is 9.25. The molecular formula is C17H22F3N7O5. The van der Waals surface area contributed by atoms with Gasteiger partial charge in [-0.2, -0.15) is 18.2 Å². The number of rotatable bonds is 5. The Balaban J connectivity index is 0.000000451. The summed E-state index contributed by atoms with van der Waals surface area (Å²) in [5.41, 5.74) is 4.52. The van der Waals surface area contributed by atoms with Gasteiger partial charge in [0.05, 0.1) is 0 Å². The summed E-state index contributed by atoms with van der Waals surface area (Å²) < 4.78 is 35.6. The number of primary amides is 1. The van der Waals surface area contributed by atoms with Crippen LogP contribution in [0.3, 0.4) is 0 Å². The van der Waals surface area contributed by atoms with E-state index in [0.717, 1.165) is 30.7 Å². The SMILES string of the molecule is C=CCn1c(N2CCNCC2)nc2c1c(=O)n(CC(N)=O)c(=O)n2C.O=C(O)C(F)(F)F. The second kappa shape index (κ2) is 9.67. The molecule has 1 aliphatic rings. The van der Waals surface area contributed by atoms with Gasteiger partial charge in [0.2, 0.25) is 11.9 Å². The summed E-state index contributed by atoms with van der Waals surface area (Å²) in [5.74, 6) is -2.90. The van der Waals surface area contributed by atoms with Gasteiger partial charge in [-0.3, -0.25) is 14.2 Å². The van der Waals surface area contributed by atoms with Crippen LogP contribution in [-0.2, 0) is 29.7 Å². The van der Waals surface area contributed by atoms with Crippen molar-refractivity contribution in [2.24, 2.45) is 12.8 Å². The number of halogens is 3. The molecule has 0 bridgehead atoms. The molecule has 12 nitrogen and oxygen atoms in total. The van der Waals surface area contributed by atoms with Crippen molar-refractivity contribution in [2.75, 3.05) is 31.1 Å². The smallest absolute Gasteiger partial charge is 0.475 e. The highest BCUT2D eigenvalue weighted by molar-refractivity contribution is 5.76. The molecule has 1 saturated heterocycles. The Morgan fingerprint density at radius 2 is 1.81 bits per heavy atom. The third kappa shape index (κ3) is 5.16. The molecular weight excluding hydrogens is 439 g/mol. The molecule has 0 unspecified atom stereocenters. The standard InChI is InChI=1S/C15H21N7O3.C2HF3O2/c1-3-6-21-11-12(18-14(21)20-7-4-17-5-8-20)19(2)15(25)22(13(11)24)9-10(16)23;3-2(4,5)1(6)7/h3,17H,1,4-9H2,2H3,(H2,16,23);(H,6,7). The third-order valence-electron chi connectivity index (χ3n) is 4.48. The summed E-state index contributed by atoms with van der Waals surface area (Å²) in [7, 11) is 1.52. The molecule has 3 heterocycles. The number of nitrogens with one attached hydrogen (secondary N) is 1. The minimum atomic E-state index is -5.08.